The SMILES string of the molecule is CSc1ncc(C(=O)NCC(O)COc2ccc3c(c2)OCO3)n1-c1ccccc1. The smallest absolute Gasteiger partial charge is 0.270 e. The summed E-state index contributed by atoms with van der Waals surface area (Å²) in [5.41, 5.74) is 1.24. The molecule has 0 aliphatic carbocycles. The maximum atomic E-state index is 12.7. The summed E-state index contributed by atoms with van der Waals surface area (Å²) >= 11 is 1.45. The number of benzene rings is 2. The summed E-state index contributed by atoms with van der Waals surface area (Å²) in [6, 6.07) is 14.7. The average molecular weight is 427 g/mol. The van der Waals surface area contributed by atoms with E-state index in [0.29, 0.717) is 28.1 Å². The molecule has 1 atom stereocenters. The second-order valence-corrected chi connectivity index (χ2v) is 7.26. The minimum atomic E-state index is -0.882. The third-order valence-corrected chi connectivity index (χ3v) is 5.10. The summed E-state index contributed by atoms with van der Waals surface area (Å²) in [6.45, 7) is 0.247. The molecule has 0 saturated heterocycles. The number of hydrogen-bond acceptors (Lipinski definition) is 7. The number of nitrogens with zero attached hydrogens (tertiary/aromatic N) is 2. The van der Waals surface area contributed by atoms with Crippen LogP contribution in [-0.2, 0) is 0 Å². The highest BCUT2D eigenvalue weighted by Crippen LogP contribution is 2.35. The van der Waals surface area contributed by atoms with Crippen LogP contribution in [-0.4, -0.2) is 52.9 Å². The Morgan fingerprint density at radius 2 is 2.07 bits per heavy atom. The van der Waals surface area contributed by atoms with Crippen LogP contribution in [0.2, 0.25) is 0 Å². The van der Waals surface area contributed by atoms with E-state index in [0.717, 1.165) is 5.69 Å². The number of rotatable bonds is 8. The number of aliphatic hydroxyl groups excluding tert-OH is 1. The summed E-state index contributed by atoms with van der Waals surface area (Å²) in [4.78, 5) is 17.0. The van der Waals surface area contributed by atoms with Gasteiger partial charge >= 0.3 is 0 Å². The third-order valence-electron chi connectivity index (χ3n) is 4.44. The molecule has 30 heavy (non-hydrogen) atoms. The van der Waals surface area contributed by atoms with E-state index in [4.69, 9.17) is 14.2 Å². The number of thioether (sulfide) groups is 1. The number of carbonyl (C=O) groups is 1. The molecular weight excluding hydrogens is 406 g/mol. The van der Waals surface area contributed by atoms with Gasteiger partial charge in [-0.05, 0) is 30.5 Å². The van der Waals surface area contributed by atoms with Crippen molar-refractivity contribution >= 4 is 17.7 Å². The van der Waals surface area contributed by atoms with Gasteiger partial charge in [0.2, 0.25) is 6.79 Å². The molecule has 0 fully saturated rings. The maximum Gasteiger partial charge on any atom is 0.270 e. The fraction of sp³-hybridized carbons (Fsp3) is 0.238. The standard InChI is InChI=1S/C21H21N3O5S/c1-30-21-23-11-17(24(21)14-5-3-2-4-6-14)20(26)22-10-15(25)12-27-16-7-8-18-19(9-16)29-13-28-18/h2-9,11,15,25H,10,12-13H2,1H3,(H,22,26). The molecule has 0 radical (unpaired) electrons. The molecule has 8 nitrogen and oxygen atoms in total. The fourth-order valence-electron chi connectivity index (χ4n) is 2.98. The highest BCUT2D eigenvalue weighted by Gasteiger charge is 2.19. The first-order chi connectivity index (χ1) is 14.7. The first kappa shape index (κ1) is 20.1. The lowest BCUT2D eigenvalue weighted by Crippen LogP contribution is -2.36. The van der Waals surface area contributed by atoms with Gasteiger partial charge in [0.25, 0.3) is 5.91 Å². The number of carbonyl (C=O) groups excluding carboxylic acids is 1. The second-order valence-electron chi connectivity index (χ2n) is 6.49. The van der Waals surface area contributed by atoms with Gasteiger partial charge in [-0.3, -0.25) is 9.36 Å². The highest BCUT2D eigenvalue weighted by molar-refractivity contribution is 7.98. The van der Waals surface area contributed by atoms with Crippen LogP contribution in [0.5, 0.6) is 17.2 Å². The van der Waals surface area contributed by atoms with Gasteiger partial charge in [0.1, 0.15) is 24.2 Å². The number of amides is 1. The summed E-state index contributed by atoms with van der Waals surface area (Å²) in [6.07, 6.45) is 2.55. The highest BCUT2D eigenvalue weighted by atomic mass is 32.2. The zero-order chi connectivity index (χ0) is 20.9. The predicted molar refractivity (Wildman–Crippen MR) is 112 cm³/mol. The molecule has 1 unspecified atom stereocenters. The van der Waals surface area contributed by atoms with Crippen molar-refractivity contribution in [3.05, 3.63) is 60.4 Å². The molecule has 156 valence electrons. The molecule has 1 aliphatic heterocycles. The van der Waals surface area contributed by atoms with Crippen LogP contribution in [0.25, 0.3) is 5.69 Å². The Kier molecular flexibility index (Phi) is 6.10. The van der Waals surface area contributed by atoms with E-state index in [1.807, 2.05) is 36.6 Å². The Balaban J connectivity index is 1.35. The molecule has 0 spiro atoms. The van der Waals surface area contributed by atoms with Crippen molar-refractivity contribution in [1.82, 2.24) is 14.9 Å². The van der Waals surface area contributed by atoms with E-state index in [-0.39, 0.29) is 25.9 Å². The van der Waals surface area contributed by atoms with Gasteiger partial charge in [0, 0.05) is 18.3 Å². The van der Waals surface area contributed by atoms with Crippen LogP contribution in [0.4, 0.5) is 0 Å². The van der Waals surface area contributed by atoms with Crippen LogP contribution in [0.15, 0.2) is 59.9 Å². The molecule has 1 amide bonds. The minimum Gasteiger partial charge on any atom is -0.491 e. The van der Waals surface area contributed by atoms with Crippen molar-refractivity contribution < 1.29 is 24.1 Å². The van der Waals surface area contributed by atoms with Crippen LogP contribution >= 0.6 is 11.8 Å². The Morgan fingerprint density at radius 3 is 2.87 bits per heavy atom. The Hall–Kier alpha value is -3.17. The van der Waals surface area contributed by atoms with Crippen LogP contribution in [0.3, 0.4) is 0 Å². The van der Waals surface area contributed by atoms with Crippen LogP contribution in [0.1, 0.15) is 10.5 Å². The van der Waals surface area contributed by atoms with E-state index >= 15 is 0 Å². The van der Waals surface area contributed by atoms with Gasteiger partial charge in [-0.15, -0.1) is 0 Å². The van der Waals surface area contributed by atoms with Crippen molar-refractivity contribution in [1.29, 1.82) is 0 Å². The molecule has 1 aliphatic rings. The monoisotopic (exact) mass is 427 g/mol. The zero-order valence-corrected chi connectivity index (χ0v) is 17.1. The Labute approximate surface area is 177 Å². The van der Waals surface area contributed by atoms with Gasteiger partial charge in [-0.1, -0.05) is 30.0 Å². The molecular formula is C21H21N3O5S. The van der Waals surface area contributed by atoms with Crippen LogP contribution in [0, 0.1) is 0 Å². The van der Waals surface area contributed by atoms with Gasteiger partial charge < -0.3 is 24.6 Å². The zero-order valence-electron chi connectivity index (χ0n) is 16.3. The van der Waals surface area contributed by atoms with Crippen molar-refractivity contribution in [2.45, 2.75) is 11.3 Å². The maximum absolute atomic E-state index is 12.7. The first-order valence-electron chi connectivity index (χ1n) is 9.31. The van der Waals surface area contributed by atoms with Crippen molar-refractivity contribution in [2.75, 3.05) is 26.2 Å². The molecule has 0 saturated carbocycles. The van der Waals surface area contributed by atoms with Crippen LogP contribution < -0.4 is 19.5 Å². The number of ether oxygens (including phenoxy) is 3. The molecule has 2 heterocycles. The molecule has 0 bridgehead atoms. The first-order valence-corrected chi connectivity index (χ1v) is 10.5. The lowest BCUT2D eigenvalue weighted by molar-refractivity contribution is 0.0837. The molecule has 9 heteroatoms. The number of aliphatic hydroxyl groups is 1. The number of para-hydroxylation sites is 1. The minimum absolute atomic E-state index is 0.0218. The number of aromatic nitrogens is 2. The van der Waals surface area contributed by atoms with E-state index in [9.17, 15) is 9.90 Å². The van der Waals surface area contributed by atoms with Gasteiger partial charge in [0.15, 0.2) is 16.7 Å². The fourth-order valence-corrected chi connectivity index (χ4v) is 3.53. The largest absolute Gasteiger partial charge is 0.491 e. The van der Waals surface area contributed by atoms with Crippen molar-refractivity contribution in [3.8, 4) is 22.9 Å². The van der Waals surface area contributed by atoms with Crippen molar-refractivity contribution in [3.63, 3.8) is 0 Å². The summed E-state index contributed by atoms with van der Waals surface area (Å²) in [5.74, 6) is 1.49. The molecule has 2 aromatic carbocycles. The summed E-state index contributed by atoms with van der Waals surface area (Å²) in [7, 11) is 0. The number of imidazole rings is 1. The molecule has 1 aromatic heterocycles. The summed E-state index contributed by atoms with van der Waals surface area (Å²) in [5, 5.41) is 13.7. The normalized spacial score (nSPS) is 13.1. The average Bonchev–Trinajstić information content (AvgIpc) is 3.43. The lowest BCUT2D eigenvalue weighted by atomic mass is 10.3. The Bertz CT molecular complexity index is 1020. The van der Waals surface area contributed by atoms with Gasteiger partial charge in [-0.2, -0.15) is 0 Å². The second kappa shape index (κ2) is 9.10. The lowest BCUT2D eigenvalue weighted by Gasteiger charge is -2.15. The van der Waals surface area contributed by atoms with E-state index < -0.39 is 6.10 Å². The third kappa shape index (κ3) is 4.37. The number of fused-ring (bicyclic) bond motifs is 1. The number of hydrogen-bond donors (Lipinski definition) is 2. The molecule has 4 rings (SSSR count). The topological polar surface area (TPSA) is 94.8 Å². The van der Waals surface area contributed by atoms with E-state index in [1.165, 1.54) is 18.0 Å². The van der Waals surface area contributed by atoms with E-state index in [1.54, 1.807) is 22.8 Å². The van der Waals surface area contributed by atoms with Gasteiger partial charge in [0.05, 0.1) is 6.20 Å². The predicted octanol–water partition coefficient (Wildman–Crippen LogP) is 2.49. The quantitative estimate of drug-likeness (QED) is 0.534. The molecule has 2 N–H and O–H groups in total. The number of nitrogens with one attached hydrogen (secondary N) is 1. The Morgan fingerprint density at radius 1 is 1.27 bits per heavy atom. The molecule has 3 aromatic rings. The van der Waals surface area contributed by atoms with E-state index in [2.05, 4.69) is 10.3 Å². The van der Waals surface area contributed by atoms with Crippen molar-refractivity contribution in [2.24, 2.45) is 0 Å². The summed E-state index contributed by atoms with van der Waals surface area (Å²) < 4.78 is 17.9. The van der Waals surface area contributed by atoms with Gasteiger partial charge in [-0.25, -0.2) is 4.98 Å².